The van der Waals surface area contributed by atoms with Crippen LogP contribution in [0.15, 0.2) is 173 Å². The van der Waals surface area contributed by atoms with Crippen LogP contribution in [-0.2, 0) is 60.7 Å². The molecule has 37 heteroatoms. The number of benzene rings is 8. The van der Waals surface area contributed by atoms with Gasteiger partial charge in [-0.05, 0) is 95.7 Å². The van der Waals surface area contributed by atoms with Crippen molar-refractivity contribution in [2.24, 2.45) is 40.9 Å². The minimum atomic E-state index is -5.31. The minimum absolute atomic E-state index is 0.0181. The van der Waals surface area contributed by atoms with Crippen LogP contribution in [0.1, 0.15) is 0 Å². The Kier molecular flexibility index (Phi) is 14.8. The number of ether oxygens (including phenoxy) is 1. The summed E-state index contributed by atoms with van der Waals surface area (Å²) in [5.74, 6) is -2.86. The van der Waals surface area contributed by atoms with Gasteiger partial charge in [-0.1, -0.05) is 12.1 Å². The van der Waals surface area contributed by atoms with Crippen LogP contribution in [0.5, 0.6) is 23.0 Å². The van der Waals surface area contributed by atoms with E-state index < -0.39 is 153 Å². The molecular formula is C43H31N9O22S6. The highest BCUT2D eigenvalue weighted by Crippen LogP contribution is 2.48. The Morgan fingerprint density at radius 2 is 0.875 bits per heavy atom. The topological polar surface area (TPSA) is 521 Å². The largest absolute Gasteiger partial charge is 0.505 e. The van der Waals surface area contributed by atoms with E-state index in [2.05, 4.69) is 40.9 Å². The summed E-state index contributed by atoms with van der Waals surface area (Å²) in [6.45, 7) is 0. The molecule has 8 aromatic rings. The Hall–Kier alpha value is -8.60. The third kappa shape index (κ3) is 11.7. The summed E-state index contributed by atoms with van der Waals surface area (Å²) >= 11 is 0. The number of nitrogen functional groups attached to an aromatic ring is 1. The van der Waals surface area contributed by atoms with Crippen molar-refractivity contribution in [3.8, 4) is 23.0 Å². The SMILES string of the molecule is COc1ccc(/N=N\c2c(S(=O)(=O)O)cc3cc(N=Nc4ccc5c(S(=O)(=O)O)cc(/N=N\c6ccc7cc(S(=O)(=O)O)c(/N=N\c8cc(S(=O)(=O)O)ccc8S(=O)(=O)O)c(O)c7c6)c(N)c5c4O)ccc3c2O)c(S(=O)(=O)O)c1. The molecule has 0 spiro atoms. The van der Waals surface area contributed by atoms with Gasteiger partial charge in [-0.25, -0.2) is 0 Å². The van der Waals surface area contributed by atoms with Crippen molar-refractivity contribution in [1.82, 2.24) is 0 Å². The Labute approximate surface area is 448 Å². The second-order valence-corrected chi connectivity index (χ2v) is 24.6. The monoisotopic (exact) mass is 1220 g/mol. The lowest BCUT2D eigenvalue weighted by atomic mass is 10.1. The van der Waals surface area contributed by atoms with Gasteiger partial charge in [0.1, 0.15) is 64.4 Å². The number of nitrogens with two attached hydrogens (primary N) is 1. The maximum absolute atomic E-state index is 12.7. The van der Waals surface area contributed by atoms with Gasteiger partial charge in [0, 0.05) is 22.2 Å². The van der Waals surface area contributed by atoms with Crippen LogP contribution < -0.4 is 10.5 Å². The molecule has 8 aromatic carbocycles. The predicted molar refractivity (Wildman–Crippen MR) is 276 cm³/mol. The molecule has 0 aliphatic heterocycles. The maximum atomic E-state index is 12.7. The number of azo groups is 4. The van der Waals surface area contributed by atoms with E-state index in [4.69, 9.17) is 10.5 Å². The summed E-state index contributed by atoms with van der Waals surface area (Å²) in [6.07, 6.45) is 0. The number of nitrogens with zero attached hydrogens (tertiary/aromatic N) is 8. The van der Waals surface area contributed by atoms with Gasteiger partial charge in [0.2, 0.25) is 0 Å². The summed E-state index contributed by atoms with van der Waals surface area (Å²) in [6, 6.07) is 16.1. The molecule has 80 heavy (non-hydrogen) atoms. The molecule has 0 radical (unpaired) electrons. The van der Waals surface area contributed by atoms with E-state index in [1.54, 1.807) is 0 Å². The zero-order valence-electron chi connectivity index (χ0n) is 39.3. The Morgan fingerprint density at radius 3 is 1.45 bits per heavy atom. The average Bonchev–Trinajstić information content (AvgIpc) is 3.56. The molecule has 0 amide bonds. The van der Waals surface area contributed by atoms with Gasteiger partial charge < -0.3 is 25.8 Å². The van der Waals surface area contributed by atoms with Gasteiger partial charge in [0.25, 0.3) is 60.7 Å². The number of hydrogen-bond acceptors (Lipinski definition) is 25. The Morgan fingerprint density at radius 1 is 0.375 bits per heavy atom. The van der Waals surface area contributed by atoms with E-state index in [0.717, 1.165) is 66.7 Å². The van der Waals surface area contributed by atoms with E-state index >= 15 is 0 Å². The first-order chi connectivity index (χ1) is 37.1. The van der Waals surface area contributed by atoms with Gasteiger partial charge in [0.05, 0.1) is 34.5 Å². The van der Waals surface area contributed by atoms with Crippen LogP contribution >= 0.6 is 0 Å². The van der Waals surface area contributed by atoms with E-state index in [1.165, 1.54) is 25.3 Å². The van der Waals surface area contributed by atoms with Gasteiger partial charge in [0.15, 0.2) is 17.2 Å². The van der Waals surface area contributed by atoms with Gasteiger partial charge in [-0.3, -0.25) is 27.3 Å². The number of rotatable bonds is 15. The summed E-state index contributed by atoms with van der Waals surface area (Å²) in [5.41, 5.74) is 1.13. The van der Waals surface area contributed by atoms with E-state index in [0.29, 0.717) is 18.2 Å². The van der Waals surface area contributed by atoms with Crippen molar-refractivity contribution in [2.75, 3.05) is 12.8 Å². The van der Waals surface area contributed by atoms with Gasteiger partial charge in [-0.2, -0.15) is 60.7 Å². The van der Waals surface area contributed by atoms with Crippen LogP contribution in [-0.4, -0.2) is 100 Å². The standard InChI is InChI=1S/C43H31N9O22S6/c1-74-23-5-9-28(34(16-23)78(65,66)67)47-51-39-36(80(71,72)73)14-20-12-21(4-7-25(20)41(39)53)45-48-29-10-8-26-33(77(62,63)64)18-31(38(44)37(26)43(29)55)50-46-22-3-2-19-13-35(79(68,69)70)40(42(54)27(19)15-22)52-49-30-17-24(75(56,57)58)6-11-32(30)76(59,60)61/h2-18,53-55H,44H2,1H3,(H,56,57,58)(H,59,60,61)(H,62,63,64)(H,65,66,67)(H,68,69,70)(H,71,72,73)/b48-45?,50-46-,51-47-,52-49-. The predicted octanol–water partition coefficient (Wildman–Crippen LogP) is 9.00. The number of anilines is 1. The fourth-order valence-electron chi connectivity index (χ4n) is 7.52. The first-order valence-electron chi connectivity index (χ1n) is 21.1. The first kappa shape index (κ1) is 57.6. The van der Waals surface area contributed by atoms with Crippen molar-refractivity contribution < 1.29 is 97.9 Å². The molecule has 416 valence electrons. The number of phenols is 3. The number of phenolic OH excluding ortho intramolecular Hbond substituents is 3. The molecule has 0 heterocycles. The van der Waals surface area contributed by atoms with E-state index in [-0.39, 0.29) is 44.1 Å². The summed E-state index contributed by atoms with van der Waals surface area (Å²) in [4.78, 5) is -5.88. The third-order valence-corrected chi connectivity index (χ3v) is 16.4. The lowest BCUT2D eigenvalue weighted by Gasteiger charge is -2.12. The van der Waals surface area contributed by atoms with Crippen LogP contribution in [0, 0.1) is 0 Å². The van der Waals surface area contributed by atoms with Gasteiger partial charge in [-0.15, -0.1) is 30.7 Å². The normalized spacial score (nSPS) is 13.3. The van der Waals surface area contributed by atoms with E-state index in [9.17, 15) is 93.1 Å². The van der Waals surface area contributed by atoms with Crippen LogP contribution in [0.4, 0.5) is 51.2 Å². The quantitative estimate of drug-likeness (QED) is 0.0260. The lowest BCUT2D eigenvalue weighted by molar-refractivity contribution is 0.412. The molecule has 0 unspecified atom stereocenters. The zero-order chi connectivity index (χ0) is 58.8. The molecule has 0 atom stereocenters. The van der Waals surface area contributed by atoms with E-state index in [1.807, 2.05) is 0 Å². The molecule has 0 saturated carbocycles. The Bertz CT molecular complexity index is 4870. The van der Waals surface area contributed by atoms with Crippen molar-refractivity contribution in [3.05, 3.63) is 103 Å². The molecule has 0 bridgehead atoms. The second kappa shape index (κ2) is 20.6. The fraction of sp³-hybridized carbons (Fsp3) is 0.0233. The molecule has 11 N–H and O–H groups in total. The highest BCUT2D eigenvalue weighted by molar-refractivity contribution is 7.87. The molecule has 0 aliphatic carbocycles. The smallest absolute Gasteiger partial charge is 0.296 e. The second-order valence-electron chi connectivity index (χ2n) is 16.2. The summed E-state index contributed by atoms with van der Waals surface area (Å²) < 4.78 is 211. The third-order valence-electron chi connectivity index (χ3n) is 11.2. The molecule has 8 rings (SSSR count). The highest BCUT2D eigenvalue weighted by Gasteiger charge is 2.27. The molecule has 31 nitrogen and oxygen atoms in total. The maximum Gasteiger partial charge on any atom is 0.296 e. The number of hydrogen-bond donors (Lipinski definition) is 10. The lowest BCUT2D eigenvalue weighted by Crippen LogP contribution is -2.02. The number of methoxy groups -OCH3 is 1. The number of aromatic hydroxyl groups is 3. The molecule has 0 saturated heterocycles. The molecular weight excluding hydrogens is 1190 g/mol. The fourth-order valence-corrected chi connectivity index (χ4v) is 11.3. The van der Waals surface area contributed by atoms with Crippen molar-refractivity contribution in [2.45, 2.75) is 29.4 Å². The van der Waals surface area contributed by atoms with Crippen LogP contribution in [0.25, 0.3) is 32.3 Å². The van der Waals surface area contributed by atoms with Crippen molar-refractivity contribution >= 4 is 144 Å². The van der Waals surface area contributed by atoms with Crippen LogP contribution in [0.3, 0.4) is 0 Å². The molecule has 0 aliphatic rings. The average molecular weight is 1220 g/mol. The van der Waals surface area contributed by atoms with Gasteiger partial charge >= 0.3 is 0 Å². The first-order valence-corrected chi connectivity index (χ1v) is 29.7. The number of fused-ring (bicyclic) bond motifs is 3. The summed E-state index contributed by atoms with van der Waals surface area (Å²) in [5, 5.41) is 62.6. The summed E-state index contributed by atoms with van der Waals surface area (Å²) in [7, 11) is -29.7. The van der Waals surface area contributed by atoms with Crippen molar-refractivity contribution in [3.63, 3.8) is 0 Å². The van der Waals surface area contributed by atoms with Crippen LogP contribution in [0.2, 0.25) is 0 Å². The Balaban J connectivity index is 1.17. The van der Waals surface area contributed by atoms with Crippen molar-refractivity contribution in [1.29, 1.82) is 0 Å². The zero-order valence-corrected chi connectivity index (χ0v) is 44.2. The molecule has 0 fully saturated rings. The minimum Gasteiger partial charge on any atom is -0.505 e. The molecule has 0 aromatic heterocycles. The highest BCUT2D eigenvalue weighted by atomic mass is 32.2.